The molecule has 0 saturated heterocycles. The summed E-state index contributed by atoms with van der Waals surface area (Å²) < 4.78 is 0. The summed E-state index contributed by atoms with van der Waals surface area (Å²) in [7, 11) is 0. The first-order chi connectivity index (χ1) is 16.1. The average molecular weight is 455 g/mol. The lowest BCUT2D eigenvalue weighted by Crippen LogP contribution is -2.60. The SMILES string of the molecule is CCCCC1CCC(C2CCC3(CC2)CC2(CCC(C4CCC(CC)CC4)CC2)C3=O)CC1. The normalized spacial score (nSPS) is 46.4. The minimum atomic E-state index is 0.140. The van der Waals surface area contributed by atoms with E-state index in [0.29, 0.717) is 0 Å². The van der Waals surface area contributed by atoms with Crippen molar-refractivity contribution in [3.8, 4) is 0 Å². The highest BCUT2D eigenvalue weighted by atomic mass is 16.1. The Balaban J connectivity index is 1.06. The molecule has 5 saturated carbocycles. The summed E-state index contributed by atoms with van der Waals surface area (Å²) in [5, 5.41) is 0. The second-order valence-corrected chi connectivity index (χ2v) is 13.9. The van der Waals surface area contributed by atoms with Gasteiger partial charge in [-0.15, -0.1) is 0 Å². The van der Waals surface area contributed by atoms with Crippen molar-refractivity contribution in [1.29, 1.82) is 0 Å². The van der Waals surface area contributed by atoms with Crippen LogP contribution in [0.3, 0.4) is 0 Å². The monoisotopic (exact) mass is 454 g/mol. The first-order valence-electron chi connectivity index (χ1n) is 15.6. The smallest absolute Gasteiger partial charge is 0.145 e. The summed E-state index contributed by atoms with van der Waals surface area (Å²) in [6.45, 7) is 4.71. The van der Waals surface area contributed by atoms with Gasteiger partial charge in [0, 0.05) is 10.8 Å². The topological polar surface area (TPSA) is 17.1 Å². The lowest BCUT2D eigenvalue weighted by atomic mass is 9.42. The van der Waals surface area contributed by atoms with Gasteiger partial charge in [-0.2, -0.15) is 0 Å². The minimum Gasteiger partial charge on any atom is -0.298 e. The van der Waals surface area contributed by atoms with Crippen LogP contribution >= 0.6 is 0 Å². The number of unbranched alkanes of at least 4 members (excludes halogenated alkanes) is 1. The van der Waals surface area contributed by atoms with Gasteiger partial charge in [0.25, 0.3) is 0 Å². The van der Waals surface area contributed by atoms with Gasteiger partial charge in [-0.1, -0.05) is 65.2 Å². The first-order valence-corrected chi connectivity index (χ1v) is 15.6. The molecule has 0 radical (unpaired) electrons. The van der Waals surface area contributed by atoms with Crippen LogP contribution in [0.1, 0.15) is 149 Å². The minimum absolute atomic E-state index is 0.140. The van der Waals surface area contributed by atoms with Crippen molar-refractivity contribution in [2.75, 3.05) is 0 Å². The van der Waals surface area contributed by atoms with Crippen LogP contribution < -0.4 is 0 Å². The number of ketones is 1. The molecule has 0 N–H and O–H groups in total. The van der Waals surface area contributed by atoms with Crippen LogP contribution in [0.25, 0.3) is 0 Å². The molecule has 0 aromatic carbocycles. The van der Waals surface area contributed by atoms with Crippen molar-refractivity contribution in [2.24, 2.45) is 46.3 Å². The molecule has 0 aliphatic heterocycles. The Morgan fingerprint density at radius 1 is 0.606 bits per heavy atom. The highest BCUT2D eigenvalue weighted by molar-refractivity contribution is 5.96. The van der Waals surface area contributed by atoms with E-state index in [0.717, 1.165) is 41.3 Å². The van der Waals surface area contributed by atoms with Gasteiger partial charge >= 0.3 is 0 Å². The van der Waals surface area contributed by atoms with E-state index >= 15 is 0 Å². The molecule has 0 atom stereocenters. The van der Waals surface area contributed by atoms with Crippen LogP contribution in [0.15, 0.2) is 0 Å². The molecule has 0 aromatic rings. The van der Waals surface area contributed by atoms with Crippen molar-refractivity contribution < 1.29 is 4.79 Å². The van der Waals surface area contributed by atoms with Gasteiger partial charge in [0.05, 0.1) is 0 Å². The number of carbonyl (C=O) groups excluding carboxylic acids is 1. The number of Topliss-reactive ketones (excluding diaryl/α,β-unsaturated/α-hetero) is 1. The molecule has 5 rings (SSSR count). The fourth-order valence-corrected chi connectivity index (χ4v) is 9.91. The van der Waals surface area contributed by atoms with Crippen molar-refractivity contribution in [3.63, 3.8) is 0 Å². The van der Waals surface area contributed by atoms with Gasteiger partial charge in [-0.05, 0) is 119 Å². The Bertz CT molecular complexity index is 631. The van der Waals surface area contributed by atoms with Gasteiger partial charge in [-0.25, -0.2) is 0 Å². The highest BCUT2D eigenvalue weighted by Gasteiger charge is 2.63. The summed E-state index contributed by atoms with van der Waals surface area (Å²) in [6.07, 6.45) is 29.3. The fraction of sp³-hybridized carbons (Fsp3) is 0.969. The van der Waals surface area contributed by atoms with Gasteiger partial charge in [0.2, 0.25) is 0 Å². The van der Waals surface area contributed by atoms with E-state index in [-0.39, 0.29) is 10.8 Å². The van der Waals surface area contributed by atoms with Crippen LogP contribution in [-0.2, 0) is 4.79 Å². The zero-order valence-corrected chi connectivity index (χ0v) is 22.2. The summed E-state index contributed by atoms with van der Waals surface area (Å²) in [5.41, 5.74) is 0.280. The lowest BCUT2D eigenvalue weighted by molar-refractivity contribution is -0.170. The van der Waals surface area contributed by atoms with Gasteiger partial charge in [0.15, 0.2) is 0 Å². The largest absolute Gasteiger partial charge is 0.298 e. The van der Waals surface area contributed by atoms with Crippen LogP contribution in [-0.4, -0.2) is 5.78 Å². The fourth-order valence-electron chi connectivity index (χ4n) is 9.91. The summed E-state index contributed by atoms with van der Waals surface area (Å²) in [5.74, 6) is 6.66. The lowest BCUT2D eigenvalue weighted by Gasteiger charge is -2.60. The predicted molar refractivity (Wildman–Crippen MR) is 139 cm³/mol. The third-order valence-electron chi connectivity index (χ3n) is 12.3. The molecule has 5 fully saturated rings. The van der Waals surface area contributed by atoms with Gasteiger partial charge in [0.1, 0.15) is 5.78 Å². The summed E-state index contributed by atoms with van der Waals surface area (Å²) in [6, 6.07) is 0. The van der Waals surface area contributed by atoms with Crippen molar-refractivity contribution in [3.05, 3.63) is 0 Å². The first kappa shape index (κ1) is 24.4. The molecular weight excluding hydrogens is 400 g/mol. The zero-order chi connectivity index (χ0) is 22.9. The average Bonchev–Trinajstić information content (AvgIpc) is 2.88. The number of hydrogen-bond donors (Lipinski definition) is 0. The maximum absolute atomic E-state index is 13.7. The second-order valence-electron chi connectivity index (χ2n) is 13.9. The van der Waals surface area contributed by atoms with Crippen molar-refractivity contribution in [2.45, 2.75) is 149 Å². The van der Waals surface area contributed by atoms with E-state index in [1.54, 1.807) is 0 Å². The molecule has 0 unspecified atom stereocenters. The summed E-state index contributed by atoms with van der Waals surface area (Å²) >= 11 is 0. The van der Waals surface area contributed by atoms with E-state index in [9.17, 15) is 4.79 Å². The van der Waals surface area contributed by atoms with E-state index in [2.05, 4.69) is 13.8 Å². The Morgan fingerprint density at radius 3 is 1.42 bits per heavy atom. The Morgan fingerprint density at radius 2 is 1.03 bits per heavy atom. The maximum atomic E-state index is 13.7. The Hall–Kier alpha value is -0.330. The van der Waals surface area contributed by atoms with E-state index in [1.165, 1.54) is 135 Å². The quantitative estimate of drug-likeness (QED) is 0.390. The molecule has 0 aromatic heterocycles. The second kappa shape index (κ2) is 10.3. The molecule has 0 amide bonds. The molecule has 0 heterocycles. The van der Waals surface area contributed by atoms with Crippen molar-refractivity contribution in [1.82, 2.24) is 0 Å². The number of rotatable bonds is 6. The Kier molecular flexibility index (Phi) is 7.64. The Labute approximate surface area is 205 Å². The molecule has 2 spiro atoms. The van der Waals surface area contributed by atoms with Crippen LogP contribution in [0.5, 0.6) is 0 Å². The van der Waals surface area contributed by atoms with Gasteiger partial charge < -0.3 is 0 Å². The van der Waals surface area contributed by atoms with Gasteiger partial charge in [-0.3, -0.25) is 4.79 Å². The third kappa shape index (κ3) is 4.87. The maximum Gasteiger partial charge on any atom is 0.145 e. The molecule has 188 valence electrons. The predicted octanol–water partition coefficient (Wildman–Crippen LogP) is 9.53. The zero-order valence-electron chi connectivity index (χ0n) is 22.2. The third-order valence-corrected chi connectivity index (χ3v) is 12.3. The molecule has 5 aliphatic rings. The standard InChI is InChI=1S/C32H54O/c1-3-5-6-25-9-13-27(14-10-25)29-17-21-32(22-18-29)23-31(30(32)33)19-15-28(16-20-31)26-11-7-24(4-2)8-12-26/h24-29H,3-23H2,1-2H3. The van der Waals surface area contributed by atoms with E-state index in [1.807, 2.05) is 0 Å². The molecule has 5 aliphatic carbocycles. The highest BCUT2D eigenvalue weighted by Crippen LogP contribution is 2.65. The molecule has 1 heteroatoms. The number of carbonyl (C=O) groups is 1. The molecular formula is C32H54O. The summed E-state index contributed by atoms with van der Waals surface area (Å²) in [4.78, 5) is 13.7. The molecule has 33 heavy (non-hydrogen) atoms. The van der Waals surface area contributed by atoms with Crippen LogP contribution in [0.2, 0.25) is 0 Å². The van der Waals surface area contributed by atoms with Crippen molar-refractivity contribution >= 4 is 5.78 Å². The van der Waals surface area contributed by atoms with Crippen LogP contribution in [0.4, 0.5) is 0 Å². The molecule has 0 bridgehead atoms. The van der Waals surface area contributed by atoms with E-state index in [4.69, 9.17) is 0 Å². The molecule has 1 nitrogen and oxygen atoms in total. The van der Waals surface area contributed by atoms with Crippen LogP contribution in [0, 0.1) is 46.3 Å². The van der Waals surface area contributed by atoms with E-state index < -0.39 is 0 Å². The number of hydrogen-bond acceptors (Lipinski definition) is 1.